The summed E-state index contributed by atoms with van der Waals surface area (Å²) in [5.74, 6) is 0. The molecule has 0 heterocycles. The van der Waals surface area contributed by atoms with Crippen LogP contribution in [0.1, 0.15) is 26.7 Å². The normalized spacial score (nSPS) is 10.3. The molecule has 0 fully saturated rings. The highest BCUT2D eigenvalue weighted by Crippen LogP contribution is 2.35. The third kappa shape index (κ3) is 4.09. The first-order valence-corrected chi connectivity index (χ1v) is 7.02. The van der Waals surface area contributed by atoms with Gasteiger partial charge in [0, 0.05) is 19.6 Å². The van der Waals surface area contributed by atoms with Gasteiger partial charge in [0.1, 0.15) is 11.4 Å². The minimum atomic E-state index is -0.354. The van der Waals surface area contributed by atoms with E-state index in [-0.39, 0.29) is 17.2 Å². The molecule has 0 aliphatic carbocycles. The van der Waals surface area contributed by atoms with Crippen LogP contribution in [0, 0.1) is 10.1 Å². The summed E-state index contributed by atoms with van der Waals surface area (Å²) >= 11 is 0. The molecule has 0 aliphatic heterocycles. The molecule has 0 aliphatic rings. The molecule has 6 heteroatoms. The average molecular weight is 281 g/mol. The van der Waals surface area contributed by atoms with Crippen molar-refractivity contribution in [2.45, 2.75) is 26.7 Å². The Morgan fingerprint density at radius 3 is 2.60 bits per heavy atom. The highest BCUT2D eigenvalue weighted by atomic mass is 16.6. The number of nitro groups is 1. The molecule has 6 nitrogen and oxygen atoms in total. The van der Waals surface area contributed by atoms with Gasteiger partial charge in [-0.15, -0.1) is 0 Å². The van der Waals surface area contributed by atoms with Gasteiger partial charge in [-0.3, -0.25) is 10.1 Å². The predicted molar refractivity (Wildman–Crippen MR) is 81.5 cm³/mol. The monoisotopic (exact) mass is 281 g/mol. The third-order valence-corrected chi connectivity index (χ3v) is 2.97. The second-order valence-electron chi connectivity index (χ2n) is 4.57. The van der Waals surface area contributed by atoms with Crippen LogP contribution in [-0.2, 0) is 0 Å². The number of rotatable bonds is 9. The van der Waals surface area contributed by atoms with Crippen molar-refractivity contribution in [1.29, 1.82) is 0 Å². The number of nitrogens with one attached hydrogen (secondary N) is 1. The van der Waals surface area contributed by atoms with Crippen LogP contribution in [-0.4, -0.2) is 36.3 Å². The largest absolute Gasteiger partial charge is 0.395 e. The number of para-hydroxylation sites is 1. The summed E-state index contributed by atoms with van der Waals surface area (Å²) in [5, 5.41) is 23.6. The van der Waals surface area contributed by atoms with Crippen molar-refractivity contribution in [1.82, 2.24) is 0 Å². The van der Waals surface area contributed by atoms with Gasteiger partial charge in [0.05, 0.1) is 11.5 Å². The van der Waals surface area contributed by atoms with E-state index >= 15 is 0 Å². The zero-order valence-corrected chi connectivity index (χ0v) is 12.1. The SMILES string of the molecule is CCCNc1cccc(N(CCC)CCO)c1[N+](=O)[O-]. The standard InChI is InChI=1S/C14H23N3O3/c1-3-8-15-12-6-5-7-13(14(12)17(19)20)16(9-4-2)10-11-18/h5-7,15,18H,3-4,8-11H2,1-2H3. The average Bonchev–Trinajstić information content (AvgIpc) is 2.44. The molecule has 0 bridgehead atoms. The summed E-state index contributed by atoms with van der Waals surface area (Å²) in [6.45, 7) is 5.76. The molecule has 2 N–H and O–H groups in total. The van der Waals surface area contributed by atoms with Crippen LogP contribution in [0.5, 0.6) is 0 Å². The third-order valence-electron chi connectivity index (χ3n) is 2.97. The molecular weight excluding hydrogens is 258 g/mol. The van der Waals surface area contributed by atoms with Crippen LogP contribution in [0.15, 0.2) is 18.2 Å². The van der Waals surface area contributed by atoms with E-state index < -0.39 is 0 Å². The van der Waals surface area contributed by atoms with E-state index in [1.54, 1.807) is 18.2 Å². The smallest absolute Gasteiger partial charge is 0.315 e. The molecule has 0 atom stereocenters. The zero-order valence-electron chi connectivity index (χ0n) is 12.1. The fourth-order valence-corrected chi connectivity index (χ4v) is 2.12. The number of benzene rings is 1. The maximum absolute atomic E-state index is 11.4. The second-order valence-corrected chi connectivity index (χ2v) is 4.57. The zero-order chi connectivity index (χ0) is 15.0. The highest BCUT2D eigenvalue weighted by molar-refractivity contribution is 5.77. The number of nitrogens with zero attached hydrogens (tertiary/aromatic N) is 2. The molecule has 0 unspecified atom stereocenters. The minimum Gasteiger partial charge on any atom is -0.395 e. The van der Waals surface area contributed by atoms with Gasteiger partial charge in [-0.1, -0.05) is 19.9 Å². The molecule has 1 aromatic carbocycles. The quantitative estimate of drug-likeness (QED) is 0.537. The molecule has 0 aromatic heterocycles. The molecule has 0 saturated carbocycles. The van der Waals surface area contributed by atoms with Crippen molar-refractivity contribution in [2.75, 3.05) is 36.5 Å². The van der Waals surface area contributed by atoms with Crippen LogP contribution in [0.2, 0.25) is 0 Å². The van der Waals surface area contributed by atoms with Crippen LogP contribution < -0.4 is 10.2 Å². The van der Waals surface area contributed by atoms with Gasteiger partial charge in [0.2, 0.25) is 0 Å². The predicted octanol–water partition coefficient (Wildman–Crippen LogP) is 2.63. The van der Waals surface area contributed by atoms with Gasteiger partial charge >= 0.3 is 5.69 Å². The van der Waals surface area contributed by atoms with E-state index in [1.165, 1.54) is 0 Å². The molecule has 0 radical (unpaired) electrons. The number of hydrogen-bond acceptors (Lipinski definition) is 5. The van der Waals surface area contributed by atoms with Crippen molar-refractivity contribution in [3.05, 3.63) is 28.3 Å². The fourth-order valence-electron chi connectivity index (χ4n) is 2.12. The Balaban J connectivity index is 3.18. The van der Waals surface area contributed by atoms with Crippen molar-refractivity contribution in [2.24, 2.45) is 0 Å². The van der Waals surface area contributed by atoms with Crippen molar-refractivity contribution >= 4 is 17.1 Å². The second kappa shape index (κ2) is 8.37. The summed E-state index contributed by atoms with van der Waals surface area (Å²) in [7, 11) is 0. The number of aliphatic hydroxyl groups is 1. The van der Waals surface area contributed by atoms with E-state index in [0.29, 0.717) is 31.0 Å². The van der Waals surface area contributed by atoms with Gasteiger partial charge in [-0.25, -0.2) is 0 Å². The van der Waals surface area contributed by atoms with Gasteiger partial charge in [-0.2, -0.15) is 0 Å². The Morgan fingerprint density at radius 1 is 1.30 bits per heavy atom. The van der Waals surface area contributed by atoms with Crippen molar-refractivity contribution < 1.29 is 10.0 Å². The summed E-state index contributed by atoms with van der Waals surface area (Å²) in [6.07, 6.45) is 1.76. The summed E-state index contributed by atoms with van der Waals surface area (Å²) in [6, 6.07) is 5.27. The summed E-state index contributed by atoms with van der Waals surface area (Å²) in [4.78, 5) is 12.9. The minimum absolute atomic E-state index is 0.0240. The molecular formula is C14H23N3O3. The molecule has 112 valence electrons. The Bertz CT molecular complexity index is 432. The Kier molecular flexibility index (Phi) is 6.79. The maximum atomic E-state index is 11.4. The first-order chi connectivity index (χ1) is 9.65. The molecule has 20 heavy (non-hydrogen) atoms. The lowest BCUT2D eigenvalue weighted by molar-refractivity contribution is -0.383. The van der Waals surface area contributed by atoms with Gasteiger partial charge < -0.3 is 15.3 Å². The van der Waals surface area contributed by atoms with Crippen LogP contribution in [0.3, 0.4) is 0 Å². The Morgan fingerprint density at radius 2 is 2.05 bits per heavy atom. The Labute approximate surface area is 119 Å². The van der Waals surface area contributed by atoms with E-state index in [1.807, 2.05) is 18.7 Å². The van der Waals surface area contributed by atoms with E-state index in [9.17, 15) is 10.1 Å². The van der Waals surface area contributed by atoms with E-state index in [0.717, 1.165) is 12.8 Å². The molecule has 0 amide bonds. The first-order valence-electron chi connectivity index (χ1n) is 7.02. The Hall–Kier alpha value is -1.82. The number of nitro benzene ring substituents is 1. The highest BCUT2D eigenvalue weighted by Gasteiger charge is 2.23. The van der Waals surface area contributed by atoms with Crippen molar-refractivity contribution in [3.8, 4) is 0 Å². The number of aliphatic hydroxyl groups excluding tert-OH is 1. The van der Waals surface area contributed by atoms with Crippen LogP contribution in [0.25, 0.3) is 0 Å². The van der Waals surface area contributed by atoms with Gasteiger partial charge in [-0.05, 0) is 25.0 Å². The summed E-state index contributed by atoms with van der Waals surface area (Å²) < 4.78 is 0. The van der Waals surface area contributed by atoms with E-state index in [2.05, 4.69) is 5.32 Å². The topological polar surface area (TPSA) is 78.6 Å². The lowest BCUT2D eigenvalue weighted by atomic mass is 10.2. The lowest BCUT2D eigenvalue weighted by Gasteiger charge is -2.24. The molecule has 0 saturated heterocycles. The first kappa shape index (κ1) is 16.2. The fraction of sp³-hybridized carbons (Fsp3) is 0.571. The molecule has 1 aromatic rings. The number of hydrogen-bond donors (Lipinski definition) is 2. The number of anilines is 2. The molecule has 0 spiro atoms. The van der Waals surface area contributed by atoms with E-state index in [4.69, 9.17) is 5.11 Å². The lowest BCUT2D eigenvalue weighted by Crippen LogP contribution is -2.28. The van der Waals surface area contributed by atoms with Crippen molar-refractivity contribution in [3.63, 3.8) is 0 Å². The maximum Gasteiger partial charge on any atom is 0.315 e. The summed E-state index contributed by atoms with van der Waals surface area (Å²) in [5.41, 5.74) is 1.18. The van der Waals surface area contributed by atoms with Gasteiger partial charge in [0.15, 0.2) is 0 Å². The van der Waals surface area contributed by atoms with Gasteiger partial charge in [0.25, 0.3) is 0 Å². The molecule has 1 rings (SSSR count). The van der Waals surface area contributed by atoms with Crippen LogP contribution >= 0.6 is 0 Å². The van der Waals surface area contributed by atoms with Crippen LogP contribution in [0.4, 0.5) is 17.1 Å².